The second-order valence-electron chi connectivity index (χ2n) is 6.93. The van der Waals surface area contributed by atoms with Crippen LogP contribution in [-0.4, -0.2) is 30.1 Å². The maximum Gasteiger partial charge on any atom is 0.0535 e. The molecule has 1 saturated carbocycles. The lowest BCUT2D eigenvalue weighted by atomic mass is 9.82. The van der Waals surface area contributed by atoms with Crippen molar-refractivity contribution in [1.29, 1.82) is 0 Å². The van der Waals surface area contributed by atoms with Crippen LogP contribution in [0.5, 0.6) is 0 Å². The lowest BCUT2D eigenvalue weighted by molar-refractivity contribution is 0.0213. The van der Waals surface area contributed by atoms with E-state index >= 15 is 0 Å². The Balaban J connectivity index is 1.85. The summed E-state index contributed by atoms with van der Waals surface area (Å²) in [6, 6.07) is 10.9. The van der Waals surface area contributed by atoms with Crippen LogP contribution >= 0.6 is 0 Å². The van der Waals surface area contributed by atoms with Crippen LogP contribution in [0.4, 0.5) is 0 Å². The van der Waals surface area contributed by atoms with E-state index in [1.165, 1.54) is 31.2 Å². The minimum Gasteiger partial charge on any atom is -0.305 e. The van der Waals surface area contributed by atoms with E-state index in [1.54, 1.807) is 0 Å². The zero-order valence-electron chi connectivity index (χ0n) is 13.4. The Labute approximate surface area is 129 Å². The van der Waals surface area contributed by atoms with Gasteiger partial charge < -0.3 is 5.32 Å². The Kier molecular flexibility index (Phi) is 4.19. The van der Waals surface area contributed by atoms with Crippen LogP contribution < -0.4 is 5.32 Å². The molecule has 114 valence electrons. The third-order valence-corrected chi connectivity index (χ3v) is 5.49. The van der Waals surface area contributed by atoms with Gasteiger partial charge >= 0.3 is 0 Å². The Morgan fingerprint density at radius 1 is 1.19 bits per heavy atom. The largest absolute Gasteiger partial charge is 0.305 e. The molecule has 1 saturated heterocycles. The van der Waals surface area contributed by atoms with E-state index in [9.17, 15) is 0 Å². The van der Waals surface area contributed by atoms with Gasteiger partial charge in [0.15, 0.2) is 0 Å². The summed E-state index contributed by atoms with van der Waals surface area (Å²) in [5.41, 5.74) is 1.87. The molecule has 0 aromatic heterocycles. The molecule has 1 aromatic rings. The van der Waals surface area contributed by atoms with Crippen molar-refractivity contribution in [3.8, 4) is 0 Å². The van der Waals surface area contributed by atoms with Gasteiger partial charge in [-0.3, -0.25) is 4.90 Å². The number of hydrogen-bond acceptors (Lipinski definition) is 2. The first kappa shape index (κ1) is 14.8. The first-order chi connectivity index (χ1) is 10.2. The quantitative estimate of drug-likeness (QED) is 0.852. The zero-order valence-corrected chi connectivity index (χ0v) is 13.4. The van der Waals surface area contributed by atoms with E-state index < -0.39 is 0 Å². The highest BCUT2D eigenvalue weighted by Crippen LogP contribution is 2.40. The fraction of sp³-hybridized carbons (Fsp3) is 0.579. The van der Waals surface area contributed by atoms with Crippen molar-refractivity contribution >= 4 is 0 Å². The Bertz CT molecular complexity index is 488. The van der Waals surface area contributed by atoms with Crippen molar-refractivity contribution in [3.63, 3.8) is 0 Å². The minimum absolute atomic E-state index is 0.0662. The standard InChI is InChI=1S/C19H28N2/c1-3-4-14-21-16-18(2,17-10-6-5-7-11-17)20-15-19(21)12-8-9-13-19/h3-7,10-11,20H,8-9,12-16H2,1-2H3/b4-3+. The number of piperazine rings is 1. The Morgan fingerprint density at radius 2 is 1.90 bits per heavy atom. The SMILES string of the molecule is C/C=C/CN1CC(C)(c2ccccc2)NCC12CCCC2. The van der Waals surface area contributed by atoms with E-state index in [0.29, 0.717) is 5.54 Å². The molecule has 1 aliphatic carbocycles. The summed E-state index contributed by atoms with van der Waals surface area (Å²) in [5.74, 6) is 0. The molecule has 21 heavy (non-hydrogen) atoms. The number of allylic oxidation sites excluding steroid dienone is 1. The smallest absolute Gasteiger partial charge is 0.0535 e. The lowest BCUT2D eigenvalue weighted by Crippen LogP contribution is -2.66. The average molecular weight is 284 g/mol. The summed E-state index contributed by atoms with van der Waals surface area (Å²) in [6.45, 7) is 7.78. The monoisotopic (exact) mass is 284 g/mol. The normalized spacial score (nSPS) is 29.4. The fourth-order valence-corrected chi connectivity index (χ4v) is 4.09. The van der Waals surface area contributed by atoms with E-state index in [0.717, 1.165) is 19.6 Å². The summed E-state index contributed by atoms with van der Waals surface area (Å²) in [6.07, 6.45) is 9.97. The molecule has 1 aromatic carbocycles. The van der Waals surface area contributed by atoms with Crippen LogP contribution in [0.1, 0.15) is 45.1 Å². The highest BCUT2D eigenvalue weighted by molar-refractivity contribution is 5.26. The van der Waals surface area contributed by atoms with Crippen molar-refractivity contribution in [2.75, 3.05) is 19.6 Å². The number of rotatable bonds is 3. The molecule has 1 atom stereocenters. The molecule has 1 heterocycles. The topological polar surface area (TPSA) is 15.3 Å². The molecule has 2 heteroatoms. The lowest BCUT2D eigenvalue weighted by Gasteiger charge is -2.52. The van der Waals surface area contributed by atoms with Gasteiger partial charge in [0.05, 0.1) is 5.54 Å². The minimum atomic E-state index is 0.0662. The van der Waals surface area contributed by atoms with Gasteiger partial charge in [0, 0.05) is 25.2 Å². The number of benzene rings is 1. The predicted molar refractivity (Wildman–Crippen MR) is 89.4 cm³/mol. The van der Waals surface area contributed by atoms with Gasteiger partial charge in [-0.25, -0.2) is 0 Å². The molecule has 1 spiro atoms. The van der Waals surface area contributed by atoms with Crippen LogP contribution in [0, 0.1) is 0 Å². The van der Waals surface area contributed by atoms with Gasteiger partial charge in [-0.2, -0.15) is 0 Å². The molecule has 0 amide bonds. The molecule has 2 aliphatic rings. The Morgan fingerprint density at radius 3 is 2.57 bits per heavy atom. The van der Waals surface area contributed by atoms with Crippen molar-refractivity contribution in [2.24, 2.45) is 0 Å². The Hall–Kier alpha value is -1.12. The molecule has 2 fully saturated rings. The van der Waals surface area contributed by atoms with Crippen molar-refractivity contribution in [3.05, 3.63) is 48.0 Å². The van der Waals surface area contributed by atoms with Gasteiger partial charge in [0.1, 0.15) is 0 Å². The van der Waals surface area contributed by atoms with Gasteiger partial charge in [-0.15, -0.1) is 0 Å². The highest BCUT2D eigenvalue weighted by atomic mass is 15.3. The third kappa shape index (κ3) is 2.79. The third-order valence-electron chi connectivity index (χ3n) is 5.49. The summed E-state index contributed by atoms with van der Waals surface area (Å²) in [5, 5.41) is 3.89. The van der Waals surface area contributed by atoms with Crippen molar-refractivity contribution in [1.82, 2.24) is 10.2 Å². The zero-order chi connectivity index (χ0) is 14.8. The van der Waals surface area contributed by atoms with Gasteiger partial charge in [0.2, 0.25) is 0 Å². The number of hydrogen-bond donors (Lipinski definition) is 1. The van der Waals surface area contributed by atoms with Gasteiger partial charge in [-0.05, 0) is 32.3 Å². The van der Waals surface area contributed by atoms with E-state index in [-0.39, 0.29) is 5.54 Å². The number of nitrogens with one attached hydrogen (secondary N) is 1. The van der Waals surface area contributed by atoms with Crippen molar-refractivity contribution in [2.45, 2.75) is 50.6 Å². The van der Waals surface area contributed by atoms with Crippen LogP contribution in [0.15, 0.2) is 42.5 Å². The van der Waals surface area contributed by atoms with Crippen LogP contribution in [0.2, 0.25) is 0 Å². The molecule has 3 rings (SSSR count). The molecule has 1 N–H and O–H groups in total. The van der Waals surface area contributed by atoms with E-state index in [2.05, 4.69) is 66.5 Å². The maximum atomic E-state index is 3.89. The summed E-state index contributed by atoms with van der Waals surface area (Å²) < 4.78 is 0. The molecule has 0 radical (unpaired) electrons. The molecule has 0 bridgehead atoms. The summed E-state index contributed by atoms with van der Waals surface area (Å²) in [7, 11) is 0. The molecule has 1 aliphatic heterocycles. The van der Waals surface area contributed by atoms with Crippen LogP contribution in [-0.2, 0) is 5.54 Å². The first-order valence-corrected chi connectivity index (χ1v) is 8.35. The highest BCUT2D eigenvalue weighted by Gasteiger charge is 2.46. The number of nitrogens with zero attached hydrogens (tertiary/aromatic N) is 1. The summed E-state index contributed by atoms with van der Waals surface area (Å²) >= 11 is 0. The van der Waals surface area contributed by atoms with E-state index in [4.69, 9.17) is 0 Å². The molecule has 1 unspecified atom stereocenters. The molecular weight excluding hydrogens is 256 g/mol. The van der Waals surface area contributed by atoms with E-state index in [1.807, 2.05) is 0 Å². The molecular formula is C19H28N2. The van der Waals surface area contributed by atoms with Gasteiger partial charge in [-0.1, -0.05) is 55.3 Å². The fourth-order valence-electron chi connectivity index (χ4n) is 4.09. The first-order valence-electron chi connectivity index (χ1n) is 8.35. The second-order valence-corrected chi connectivity index (χ2v) is 6.93. The predicted octanol–water partition coefficient (Wildman–Crippen LogP) is 3.70. The maximum absolute atomic E-state index is 3.89. The van der Waals surface area contributed by atoms with Crippen LogP contribution in [0.3, 0.4) is 0 Å². The summed E-state index contributed by atoms with van der Waals surface area (Å²) in [4.78, 5) is 2.74. The van der Waals surface area contributed by atoms with Gasteiger partial charge in [0.25, 0.3) is 0 Å². The van der Waals surface area contributed by atoms with Crippen molar-refractivity contribution < 1.29 is 0 Å². The average Bonchev–Trinajstić information content (AvgIpc) is 2.99. The second kappa shape index (κ2) is 5.94. The molecule has 2 nitrogen and oxygen atoms in total. The van der Waals surface area contributed by atoms with Crippen LogP contribution in [0.25, 0.3) is 0 Å².